The first-order valence-corrected chi connectivity index (χ1v) is 3.79. The van der Waals surface area contributed by atoms with Gasteiger partial charge in [0.25, 0.3) is 0 Å². The summed E-state index contributed by atoms with van der Waals surface area (Å²) in [6.45, 7) is 1.22. The molecule has 0 amide bonds. The quantitative estimate of drug-likeness (QED) is 0.692. The molecular weight excluding hydrogens is 197 g/mol. The van der Waals surface area contributed by atoms with Crippen LogP contribution in [0.1, 0.15) is 5.56 Å². The molecule has 1 aromatic carbocycles. The Balaban J connectivity index is 3.56. The molecule has 0 fully saturated rings. The van der Waals surface area contributed by atoms with Crippen LogP contribution in [0.3, 0.4) is 0 Å². The monoisotopic (exact) mass is 206 g/mol. The molecule has 0 heterocycles. The fourth-order valence-corrected chi connectivity index (χ4v) is 1.15. The molecule has 1 aromatic rings. The maximum absolute atomic E-state index is 13.3. The van der Waals surface area contributed by atoms with Crippen molar-refractivity contribution >= 4 is 0 Å². The molecule has 5 heteroatoms. The zero-order chi connectivity index (χ0) is 10.9. The van der Waals surface area contributed by atoms with Crippen LogP contribution in [0.5, 0.6) is 11.5 Å². The lowest BCUT2D eigenvalue weighted by Crippen LogP contribution is -2.03. The first-order chi connectivity index (χ1) is 6.54. The summed E-state index contributed by atoms with van der Waals surface area (Å²) < 4.78 is 48.4. The van der Waals surface area contributed by atoms with Crippen molar-refractivity contribution in [2.45, 2.75) is 6.92 Å². The van der Waals surface area contributed by atoms with Gasteiger partial charge in [0.15, 0.2) is 17.3 Å². The molecule has 2 nitrogen and oxygen atoms in total. The smallest absolute Gasteiger partial charge is 0.210 e. The van der Waals surface area contributed by atoms with E-state index < -0.39 is 23.2 Å². The van der Waals surface area contributed by atoms with Crippen molar-refractivity contribution in [1.82, 2.24) is 0 Å². The van der Waals surface area contributed by atoms with Gasteiger partial charge in [0.1, 0.15) is 0 Å². The fourth-order valence-electron chi connectivity index (χ4n) is 1.15. The van der Waals surface area contributed by atoms with Gasteiger partial charge in [0.05, 0.1) is 14.2 Å². The SMILES string of the molecule is COc1c(C)c(F)c(F)c(OC)c1F. The van der Waals surface area contributed by atoms with E-state index in [1.54, 1.807) is 0 Å². The molecule has 0 saturated heterocycles. The number of methoxy groups -OCH3 is 2. The second-order valence-electron chi connectivity index (χ2n) is 2.63. The molecule has 1 rings (SSSR count). The third kappa shape index (κ3) is 1.38. The van der Waals surface area contributed by atoms with Gasteiger partial charge in [-0.15, -0.1) is 0 Å². The minimum Gasteiger partial charge on any atom is -0.493 e. The van der Waals surface area contributed by atoms with E-state index in [9.17, 15) is 13.2 Å². The number of hydrogen-bond acceptors (Lipinski definition) is 2. The van der Waals surface area contributed by atoms with Gasteiger partial charge < -0.3 is 9.47 Å². The molecule has 0 aliphatic rings. The summed E-state index contributed by atoms with van der Waals surface area (Å²) in [7, 11) is 2.22. The maximum Gasteiger partial charge on any atom is 0.210 e. The van der Waals surface area contributed by atoms with E-state index in [4.69, 9.17) is 0 Å². The van der Waals surface area contributed by atoms with Crippen LogP contribution in [-0.2, 0) is 0 Å². The average molecular weight is 206 g/mol. The van der Waals surface area contributed by atoms with Gasteiger partial charge in [0, 0.05) is 5.56 Å². The van der Waals surface area contributed by atoms with Gasteiger partial charge in [-0.25, -0.2) is 4.39 Å². The summed E-state index contributed by atoms with van der Waals surface area (Å²) in [6.07, 6.45) is 0. The number of benzene rings is 1. The van der Waals surface area contributed by atoms with Crippen LogP contribution in [0.2, 0.25) is 0 Å². The molecule has 14 heavy (non-hydrogen) atoms. The molecular formula is C9H9F3O2. The van der Waals surface area contributed by atoms with Gasteiger partial charge in [0.2, 0.25) is 11.6 Å². The molecule has 0 spiro atoms. The largest absolute Gasteiger partial charge is 0.493 e. The highest BCUT2D eigenvalue weighted by Gasteiger charge is 2.23. The summed E-state index contributed by atoms with van der Waals surface area (Å²) in [5.74, 6) is -4.67. The van der Waals surface area contributed by atoms with Crippen LogP contribution in [-0.4, -0.2) is 14.2 Å². The molecule has 0 unspecified atom stereocenters. The first-order valence-electron chi connectivity index (χ1n) is 3.79. The van der Waals surface area contributed by atoms with Gasteiger partial charge >= 0.3 is 0 Å². The predicted octanol–water partition coefficient (Wildman–Crippen LogP) is 2.43. The topological polar surface area (TPSA) is 18.5 Å². The van der Waals surface area contributed by atoms with Crippen LogP contribution >= 0.6 is 0 Å². The van der Waals surface area contributed by atoms with Crippen molar-refractivity contribution in [2.75, 3.05) is 14.2 Å². The van der Waals surface area contributed by atoms with Crippen molar-refractivity contribution in [2.24, 2.45) is 0 Å². The summed E-state index contributed by atoms with van der Waals surface area (Å²) in [5.41, 5.74) is -0.219. The van der Waals surface area contributed by atoms with E-state index in [0.717, 1.165) is 7.11 Å². The summed E-state index contributed by atoms with van der Waals surface area (Å²) in [4.78, 5) is 0. The highest BCUT2D eigenvalue weighted by molar-refractivity contribution is 5.44. The van der Waals surface area contributed by atoms with E-state index in [2.05, 4.69) is 9.47 Å². The Morgan fingerprint density at radius 3 is 1.71 bits per heavy atom. The third-order valence-corrected chi connectivity index (χ3v) is 1.87. The normalized spacial score (nSPS) is 10.1. The van der Waals surface area contributed by atoms with Gasteiger partial charge in [-0.05, 0) is 6.92 Å². The lowest BCUT2D eigenvalue weighted by atomic mass is 10.2. The molecule has 0 saturated carbocycles. The van der Waals surface area contributed by atoms with Crippen molar-refractivity contribution in [3.63, 3.8) is 0 Å². The molecule has 0 atom stereocenters. The minimum absolute atomic E-state index is 0.219. The lowest BCUT2D eigenvalue weighted by Gasteiger charge is -2.11. The standard InChI is InChI=1S/C9H9F3O2/c1-4-5(10)6(11)9(14-3)7(12)8(4)13-2/h1-3H3. The molecule has 0 radical (unpaired) electrons. The second kappa shape index (κ2) is 3.77. The Bertz CT molecular complexity index is 333. The zero-order valence-electron chi connectivity index (χ0n) is 7.95. The number of halogens is 3. The summed E-state index contributed by atoms with van der Waals surface area (Å²) in [6, 6.07) is 0. The molecule has 78 valence electrons. The highest BCUT2D eigenvalue weighted by atomic mass is 19.2. The number of rotatable bonds is 2. The summed E-state index contributed by atoms with van der Waals surface area (Å²) >= 11 is 0. The second-order valence-corrected chi connectivity index (χ2v) is 2.63. The lowest BCUT2D eigenvalue weighted by molar-refractivity contribution is 0.318. The molecule has 0 aromatic heterocycles. The zero-order valence-corrected chi connectivity index (χ0v) is 7.95. The van der Waals surface area contributed by atoms with Crippen molar-refractivity contribution in [3.8, 4) is 11.5 Å². The Morgan fingerprint density at radius 2 is 1.29 bits per heavy atom. The molecule has 0 N–H and O–H groups in total. The number of ether oxygens (including phenoxy) is 2. The van der Waals surface area contributed by atoms with Crippen molar-refractivity contribution in [1.29, 1.82) is 0 Å². The van der Waals surface area contributed by atoms with Crippen LogP contribution in [0, 0.1) is 24.4 Å². The fraction of sp³-hybridized carbons (Fsp3) is 0.333. The van der Waals surface area contributed by atoms with Gasteiger partial charge in [-0.3, -0.25) is 0 Å². The van der Waals surface area contributed by atoms with E-state index in [-0.39, 0.29) is 11.3 Å². The van der Waals surface area contributed by atoms with Crippen LogP contribution in [0.15, 0.2) is 0 Å². The van der Waals surface area contributed by atoms with Crippen molar-refractivity contribution < 1.29 is 22.6 Å². The van der Waals surface area contributed by atoms with Crippen LogP contribution in [0.25, 0.3) is 0 Å². The predicted molar refractivity (Wildman–Crippen MR) is 44.2 cm³/mol. The van der Waals surface area contributed by atoms with Gasteiger partial charge in [-0.1, -0.05) is 0 Å². The van der Waals surface area contributed by atoms with Crippen LogP contribution in [0.4, 0.5) is 13.2 Å². The van der Waals surface area contributed by atoms with Crippen LogP contribution < -0.4 is 9.47 Å². The third-order valence-electron chi connectivity index (χ3n) is 1.87. The minimum atomic E-state index is -1.34. The average Bonchev–Trinajstić information content (AvgIpc) is 2.16. The Kier molecular flexibility index (Phi) is 2.88. The first kappa shape index (κ1) is 10.7. The highest BCUT2D eigenvalue weighted by Crippen LogP contribution is 2.34. The Morgan fingerprint density at radius 1 is 0.786 bits per heavy atom. The molecule has 0 aliphatic heterocycles. The van der Waals surface area contributed by atoms with Gasteiger partial charge in [-0.2, -0.15) is 8.78 Å². The Labute approximate surface area is 79.2 Å². The maximum atomic E-state index is 13.3. The van der Waals surface area contributed by atoms with Crippen molar-refractivity contribution in [3.05, 3.63) is 23.0 Å². The van der Waals surface area contributed by atoms with E-state index >= 15 is 0 Å². The number of hydrogen-bond donors (Lipinski definition) is 0. The van der Waals surface area contributed by atoms with E-state index in [1.165, 1.54) is 14.0 Å². The van der Waals surface area contributed by atoms with E-state index in [1.807, 2.05) is 0 Å². The molecule has 0 bridgehead atoms. The summed E-state index contributed by atoms with van der Waals surface area (Å²) in [5, 5.41) is 0. The van der Waals surface area contributed by atoms with E-state index in [0.29, 0.717) is 0 Å². The molecule has 0 aliphatic carbocycles. The Hall–Kier alpha value is -1.39.